The van der Waals surface area contributed by atoms with Crippen LogP contribution >= 0.6 is 0 Å². The van der Waals surface area contributed by atoms with E-state index in [-0.39, 0.29) is 11.0 Å². The molecule has 0 aromatic heterocycles. The molecule has 1 aliphatic carbocycles. The molecule has 0 heterocycles. The van der Waals surface area contributed by atoms with E-state index in [4.69, 9.17) is 9.47 Å². The second-order valence-electron chi connectivity index (χ2n) is 4.72. The Kier molecular flexibility index (Phi) is 3.05. The minimum absolute atomic E-state index is 0.0658. The fourth-order valence-electron chi connectivity index (χ4n) is 1.79. The van der Waals surface area contributed by atoms with Crippen molar-refractivity contribution >= 4 is 0 Å². The highest BCUT2D eigenvalue weighted by molar-refractivity contribution is 5.25. The van der Waals surface area contributed by atoms with Crippen molar-refractivity contribution in [1.29, 1.82) is 0 Å². The van der Waals surface area contributed by atoms with Gasteiger partial charge in [0, 0.05) is 13.5 Å². The zero-order chi connectivity index (χ0) is 10.8. The molecule has 0 N–H and O–H groups in total. The van der Waals surface area contributed by atoms with Gasteiger partial charge in [-0.15, -0.1) is 0 Å². The molecule has 0 fully saturated rings. The second kappa shape index (κ2) is 3.77. The van der Waals surface area contributed by atoms with Crippen LogP contribution in [0.25, 0.3) is 0 Å². The molecule has 2 heteroatoms. The quantitative estimate of drug-likeness (QED) is 0.676. The van der Waals surface area contributed by atoms with E-state index >= 15 is 0 Å². The molecule has 1 rings (SSSR count). The number of ether oxygens (including phenoxy) is 2. The SMILES string of the molecule is COC1=CC=CC(OC)(C(C)(C)C)C1. The molecule has 0 aromatic rings. The van der Waals surface area contributed by atoms with Gasteiger partial charge < -0.3 is 9.47 Å². The zero-order valence-electron chi connectivity index (χ0n) is 9.76. The van der Waals surface area contributed by atoms with E-state index in [0.29, 0.717) is 0 Å². The van der Waals surface area contributed by atoms with Crippen molar-refractivity contribution in [3.8, 4) is 0 Å². The van der Waals surface area contributed by atoms with Crippen LogP contribution in [0.1, 0.15) is 27.2 Å². The van der Waals surface area contributed by atoms with Gasteiger partial charge in [0.25, 0.3) is 0 Å². The van der Waals surface area contributed by atoms with Crippen LogP contribution in [0.5, 0.6) is 0 Å². The van der Waals surface area contributed by atoms with E-state index in [1.165, 1.54) is 0 Å². The number of allylic oxidation sites excluding steroid dienone is 2. The summed E-state index contributed by atoms with van der Waals surface area (Å²) < 4.78 is 10.9. The summed E-state index contributed by atoms with van der Waals surface area (Å²) >= 11 is 0. The normalized spacial score (nSPS) is 27.4. The van der Waals surface area contributed by atoms with Gasteiger partial charge in [0.2, 0.25) is 0 Å². The molecular weight excluding hydrogens is 176 g/mol. The highest BCUT2D eigenvalue weighted by Crippen LogP contribution is 2.41. The van der Waals surface area contributed by atoms with Gasteiger partial charge in [0.1, 0.15) is 0 Å². The number of rotatable bonds is 2. The predicted octanol–water partition coefficient (Wildman–Crippen LogP) is 2.91. The third kappa shape index (κ3) is 1.85. The van der Waals surface area contributed by atoms with Gasteiger partial charge in [-0.25, -0.2) is 0 Å². The average molecular weight is 196 g/mol. The van der Waals surface area contributed by atoms with Crippen LogP contribution in [0.4, 0.5) is 0 Å². The summed E-state index contributed by atoms with van der Waals surface area (Å²) in [6.07, 6.45) is 6.93. The van der Waals surface area contributed by atoms with Gasteiger partial charge in [-0.1, -0.05) is 32.9 Å². The standard InChI is InChI=1S/C12H20O2/c1-11(2,3)12(14-5)8-6-7-10(9-12)13-4/h6-8H,9H2,1-5H3. The van der Waals surface area contributed by atoms with Gasteiger partial charge in [0.15, 0.2) is 0 Å². The fraction of sp³-hybridized carbons (Fsp3) is 0.667. The first-order chi connectivity index (χ1) is 6.45. The number of hydrogen-bond donors (Lipinski definition) is 0. The fourth-order valence-corrected chi connectivity index (χ4v) is 1.79. The van der Waals surface area contributed by atoms with Gasteiger partial charge in [0.05, 0.1) is 18.5 Å². The summed E-state index contributed by atoms with van der Waals surface area (Å²) in [7, 11) is 3.46. The van der Waals surface area contributed by atoms with E-state index in [1.54, 1.807) is 14.2 Å². The van der Waals surface area contributed by atoms with Crippen LogP contribution in [0.3, 0.4) is 0 Å². The van der Waals surface area contributed by atoms with Gasteiger partial charge in [-0.3, -0.25) is 0 Å². The molecule has 0 bridgehead atoms. The highest BCUT2D eigenvalue weighted by Gasteiger charge is 2.41. The third-order valence-electron chi connectivity index (χ3n) is 2.98. The highest BCUT2D eigenvalue weighted by atomic mass is 16.5. The van der Waals surface area contributed by atoms with Crippen molar-refractivity contribution in [3.05, 3.63) is 24.0 Å². The maximum absolute atomic E-state index is 5.67. The minimum atomic E-state index is -0.243. The first-order valence-corrected chi connectivity index (χ1v) is 4.93. The Bertz CT molecular complexity index is 258. The third-order valence-corrected chi connectivity index (χ3v) is 2.98. The van der Waals surface area contributed by atoms with E-state index < -0.39 is 0 Å². The molecule has 1 unspecified atom stereocenters. The van der Waals surface area contributed by atoms with Gasteiger partial charge in [-0.2, -0.15) is 0 Å². The van der Waals surface area contributed by atoms with Gasteiger partial charge in [-0.05, 0) is 11.5 Å². The molecule has 0 saturated heterocycles. The Labute approximate surface area is 86.6 Å². The lowest BCUT2D eigenvalue weighted by Crippen LogP contribution is -2.44. The Hall–Kier alpha value is -0.760. The van der Waals surface area contributed by atoms with Crippen LogP contribution in [-0.4, -0.2) is 19.8 Å². The largest absolute Gasteiger partial charge is 0.501 e. The van der Waals surface area contributed by atoms with Crippen LogP contribution in [0.15, 0.2) is 24.0 Å². The van der Waals surface area contributed by atoms with E-state index in [1.807, 2.05) is 12.2 Å². The lowest BCUT2D eigenvalue weighted by Gasteiger charge is -2.42. The first kappa shape index (κ1) is 11.3. The van der Waals surface area contributed by atoms with Crippen molar-refractivity contribution in [2.75, 3.05) is 14.2 Å². The summed E-state index contributed by atoms with van der Waals surface area (Å²) in [6, 6.07) is 0. The molecule has 14 heavy (non-hydrogen) atoms. The molecule has 80 valence electrons. The summed E-state index contributed by atoms with van der Waals surface area (Å²) in [4.78, 5) is 0. The Morgan fingerprint density at radius 3 is 2.36 bits per heavy atom. The lowest BCUT2D eigenvalue weighted by molar-refractivity contribution is -0.0604. The summed E-state index contributed by atoms with van der Waals surface area (Å²) in [6.45, 7) is 6.54. The molecular formula is C12H20O2. The van der Waals surface area contributed by atoms with Crippen molar-refractivity contribution < 1.29 is 9.47 Å². The molecule has 1 aliphatic rings. The maximum atomic E-state index is 5.67. The molecule has 0 aromatic carbocycles. The minimum Gasteiger partial charge on any atom is -0.501 e. The Balaban J connectivity index is 2.96. The molecule has 0 aliphatic heterocycles. The van der Waals surface area contributed by atoms with Crippen molar-refractivity contribution in [1.82, 2.24) is 0 Å². The molecule has 0 spiro atoms. The smallest absolute Gasteiger partial charge is 0.0987 e. The zero-order valence-corrected chi connectivity index (χ0v) is 9.76. The van der Waals surface area contributed by atoms with Crippen molar-refractivity contribution in [2.24, 2.45) is 5.41 Å². The van der Waals surface area contributed by atoms with E-state index in [2.05, 4.69) is 26.8 Å². The topological polar surface area (TPSA) is 18.5 Å². The summed E-state index contributed by atoms with van der Waals surface area (Å²) in [5.41, 5.74) is -0.177. The molecule has 0 radical (unpaired) electrons. The first-order valence-electron chi connectivity index (χ1n) is 4.93. The van der Waals surface area contributed by atoms with Crippen LogP contribution < -0.4 is 0 Å². The van der Waals surface area contributed by atoms with Crippen LogP contribution in [0.2, 0.25) is 0 Å². The Morgan fingerprint density at radius 1 is 1.29 bits per heavy atom. The summed E-state index contributed by atoms with van der Waals surface area (Å²) in [5.74, 6) is 0.976. The second-order valence-corrected chi connectivity index (χ2v) is 4.72. The van der Waals surface area contributed by atoms with Crippen LogP contribution in [-0.2, 0) is 9.47 Å². The monoisotopic (exact) mass is 196 g/mol. The molecule has 2 nitrogen and oxygen atoms in total. The predicted molar refractivity (Wildman–Crippen MR) is 58.0 cm³/mol. The number of hydrogen-bond acceptors (Lipinski definition) is 2. The van der Waals surface area contributed by atoms with Gasteiger partial charge >= 0.3 is 0 Å². The van der Waals surface area contributed by atoms with Crippen LogP contribution in [0, 0.1) is 5.41 Å². The molecule has 1 atom stereocenters. The molecule has 0 amide bonds. The molecule has 0 saturated carbocycles. The Morgan fingerprint density at radius 2 is 1.93 bits per heavy atom. The lowest BCUT2D eigenvalue weighted by atomic mass is 9.72. The average Bonchev–Trinajstić information content (AvgIpc) is 2.16. The van der Waals surface area contributed by atoms with Crippen molar-refractivity contribution in [2.45, 2.75) is 32.8 Å². The summed E-state index contributed by atoms with van der Waals surface area (Å²) in [5, 5.41) is 0. The van der Waals surface area contributed by atoms with Crippen molar-refractivity contribution in [3.63, 3.8) is 0 Å². The number of methoxy groups -OCH3 is 2. The van der Waals surface area contributed by atoms with E-state index in [0.717, 1.165) is 12.2 Å². The maximum Gasteiger partial charge on any atom is 0.0987 e. The van der Waals surface area contributed by atoms with E-state index in [9.17, 15) is 0 Å².